The van der Waals surface area contributed by atoms with Crippen molar-refractivity contribution in [1.29, 1.82) is 0 Å². The van der Waals surface area contributed by atoms with Crippen molar-refractivity contribution in [1.82, 2.24) is 0 Å². The highest BCUT2D eigenvalue weighted by molar-refractivity contribution is 6.22. The lowest BCUT2D eigenvalue weighted by Crippen LogP contribution is -1.90. The fraction of sp³-hybridized carbons (Fsp3) is 0.0270. The molecular formula is C37H24O. The van der Waals surface area contributed by atoms with E-state index in [2.05, 4.69) is 12.1 Å². The molecule has 7 aromatic carbocycles. The Balaban J connectivity index is 1.62. The summed E-state index contributed by atoms with van der Waals surface area (Å²) in [6, 6.07) is 21.9. The quantitative estimate of drug-likeness (QED) is 0.219. The van der Waals surface area contributed by atoms with Gasteiger partial charge in [0.2, 0.25) is 0 Å². The Hall–Kier alpha value is -4.88. The normalized spacial score (nSPS) is 14.8. The second kappa shape index (κ2) is 8.06. The van der Waals surface area contributed by atoms with Gasteiger partial charge < -0.3 is 4.42 Å². The van der Waals surface area contributed by atoms with E-state index in [1.54, 1.807) is 30.3 Å². The van der Waals surface area contributed by atoms with E-state index in [0.29, 0.717) is 27.8 Å². The maximum atomic E-state index is 9.14. The molecule has 1 heteroatoms. The maximum absolute atomic E-state index is 9.14. The Morgan fingerprint density at radius 1 is 0.526 bits per heavy atom. The van der Waals surface area contributed by atoms with Crippen LogP contribution in [0.4, 0.5) is 0 Å². The van der Waals surface area contributed by atoms with Crippen LogP contribution in [-0.4, -0.2) is 0 Å². The molecular weight excluding hydrogens is 460 g/mol. The highest BCUT2D eigenvalue weighted by atomic mass is 16.3. The lowest BCUT2D eigenvalue weighted by molar-refractivity contribution is 0.672. The lowest BCUT2D eigenvalue weighted by Gasteiger charge is -2.17. The van der Waals surface area contributed by atoms with Crippen LogP contribution < -0.4 is 0 Å². The third-order valence-corrected chi connectivity index (χ3v) is 7.34. The Labute approximate surface area is 231 Å². The third-order valence-electron chi connectivity index (χ3n) is 7.34. The molecule has 0 atom stereocenters. The second-order valence-corrected chi connectivity index (χ2v) is 9.60. The number of hydrogen-bond acceptors (Lipinski definition) is 1. The first kappa shape index (κ1) is 14.8. The van der Waals surface area contributed by atoms with Crippen LogP contribution in [0.2, 0.25) is 0 Å². The minimum Gasteiger partial charge on any atom is -0.455 e. The molecule has 0 unspecified atom stereocenters. The van der Waals surface area contributed by atoms with Crippen molar-refractivity contribution in [2.24, 2.45) is 0 Å². The Bertz CT molecular complexity index is 2540. The number of aryl methyl sites for hydroxylation is 1. The first-order valence-electron chi connectivity index (χ1n) is 16.5. The predicted molar refractivity (Wildman–Crippen MR) is 162 cm³/mol. The van der Waals surface area contributed by atoms with Gasteiger partial charge in [-0.05, 0) is 80.4 Å². The summed E-state index contributed by atoms with van der Waals surface area (Å²) in [4.78, 5) is 0. The fourth-order valence-electron chi connectivity index (χ4n) is 5.63. The van der Waals surface area contributed by atoms with Gasteiger partial charge in [-0.15, -0.1) is 0 Å². The molecule has 0 amide bonds. The van der Waals surface area contributed by atoms with Gasteiger partial charge in [-0.25, -0.2) is 0 Å². The van der Waals surface area contributed by atoms with Gasteiger partial charge >= 0.3 is 0 Å². The van der Waals surface area contributed by atoms with E-state index in [1.165, 1.54) is 0 Å². The molecule has 1 aromatic heterocycles. The largest absolute Gasteiger partial charge is 0.455 e. The minimum absolute atomic E-state index is 0.190. The molecule has 8 rings (SSSR count). The van der Waals surface area contributed by atoms with Crippen LogP contribution in [0, 0.1) is 6.92 Å². The summed E-state index contributed by atoms with van der Waals surface area (Å²) in [6.07, 6.45) is 0. The molecule has 178 valence electrons. The van der Waals surface area contributed by atoms with E-state index in [9.17, 15) is 0 Å². The second-order valence-electron chi connectivity index (χ2n) is 9.60. The molecule has 0 fully saturated rings. The van der Waals surface area contributed by atoms with Gasteiger partial charge in [0.15, 0.2) is 0 Å². The van der Waals surface area contributed by atoms with Crippen LogP contribution in [-0.2, 0) is 0 Å². The highest BCUT2D eigenvalue weighted by Gasteiger charge is 2.18. The van der Waals surface area contributed by atoms with Gasteiger partial charge in [-0.1, -0.05) is 109 Å². The van der Waals surface area contributed by atoms with E-state index < -0.39 is 24.2 Å². The summed E-state index contributed by atoms with van der Waals surface area (Å²) in [5.74, 6) is 0. The van der Waals surface area contributed by atoms with Crippen molar-refractivity contribution >= 4 is 54.3 Å². The van der Waals surface area contributed by atoms with Gasteiger partial charge in [0, 0.05) is 16.2 Å². The monoisotopic (exact) mass is 492 g/mol. The summed E-state index contributed by atoms with van der Waals surface area (Å²) in [6.45, 7) is 2.03. The van der Waals surface area contributed by atoms with Gasteiger partial charge in [0.25, 0.3) is 0 Å². The molecule has 0 aliphatic carbocycles. The van der Waals surface area contributed by atoms with Crippen molar-refractivity contribution < 1.29 is 15.4 Å². The molecule has 0 spiro atoms. The van der Waals surface area contributed by atoms with E-state index in [-0.39, 0.29) is 45.7 Å². The number of furan rings is 1. The smallest absolute Gasteiger partial charge is 0.143 e. The average molecular weight is 493 g/mol. The summed E-state index contributed by atoms with van der Waals surface area (Å²) in [7, 11) is 0. The van der Waals surface area contributed by atoms with Crippen molar-refractivity contribution in [3.05, 3.63) is 133 Å². The van der Waals surface area contributed by atoms with Crippen LogP contribution in [0.15, 0.2) is 132 Å². The molecule has 38 heavy (non-hydrogen) atoms. The van der Waals surface area contributed by atoms with Crippen LogP contribution in [0.1, 0.15) is 16.5 Å². The van der Waals surface area contributed by atoms with E-state index in [0.717, 1.165) is 32.7 Å². The first-order chi connectivity index (χ1) is 22.1. The maximum Gasteiger partial charge on any atom is 0.143 e. The standard InChI is InChI=1S/C37H24O/c1-23-15-16-24-17-19-31-33-22-26(18-20-34(33)38-37(31)32(24)21-23)36-29-13-7-5-11-27(29)35(25-9-3-2-4-10-25)28-12-6-8-14-30(28)36/h2-22H,1H3/i5D,6D,7D,8D,11D,12D,13D,14D. The van der Waals surface area contributed by atoms with Crippen molar-refractivity contribution in [3.8, 4) is 22.3 Å². The van der Waals surface area contributed by atoms with Crippen molar-refractivity contribution in [2.75, 3.05) is 0 Å². The number of benzene rings is 7. The zero-order valence-electron chi connectivity index (χ0n) is 28.4. The Morgan fingerprint density at radius 2 is 1.16 bits per heavy atom. The topological polar surface area (TPSA) is 13.1 Å². The molecule has 8 aromatic rings. The van der Waals surface area contributed by atoms with Crippen molar-refractivity contribution in [2.45, 2.75) is 6.92 Å². The lowest BCUT2D eigenvalue weighted by atomic mass is 9.86. The highest BCUT2D eigenvalue weighted by Crippen LogP contribution is 2.45. The summed E-state index contributed by atoms with van der Waals surface area (Å²) in [5.41, 5.74) is 4.24. The third kappa shape index (κ3) is 3.06. The number of rotatable bonds is 2. The molecule has 0 bridgehead atoms. The van der Waals surface area contributed by atoms with Crippen LogP contribution >= 0.6 is 0 Å². The summed E-state index contributed by atoms with van der Waals surface area (Å²) < 4.78 is 77.2. The molecule has 0 aliphatic heterocycles. The molecule has 0 radical (unpaired) electrons. The van der Waals surface area contributed by atoms with E-state index in [1.807, 2.05) is 43.3 Å². The Morgan fingerprint density at radius 3 is 1.84 bits per heavy atom. The van der Waals surface area contributed by atoms with Gasteiger partial charge in [-0.2, -0.15) is 0 Å². The van der Waals surface area contributed by atoms with Crippen LogP contribution in [0.25, 0.3) is 76.5 Å². The van der Waals surface area contributed by atoms with Gasteiger partial charge in [0.1, 0.15) is 11.2 Å². The molecule has 0 N–H and O–H groups in total. The molecule has 1 heterocycles. The molecule has 0 aliphatic rings. The van der Waals surface area contributed by atoms with E-state index >= 15 is 0 Å². The first-order valence-corrected chi connectivity index (χ1v) is 12.5. The zero-order chi connectivity index (χ0) is 32.2. The molecule has 0 saturated heterocycles. The molecule has 0 saturated carbocycles. The Kier molecular flexibility index (Phi) is 3.13. The van der Waals surface area contributed by atoms with E-state index in [4.69, 9.17) is 15.4 Å². The zero-order valence-corrected chi connectivity index (χ0v) is 20.4. The number of fused-ring (bicyclic) bond motifs is 7. The summed E-state index contributed by atoms with van der Waals surface area (Å²) >= 11 is 0. The SMILES string of the molecule is [2H]c1c([2H])c([2H])c2c(-c3ccc4oc5c6cc(C)ccc6ccc5c4c3)c3c([2H])c([2H])c([2H])c([2H])c3c(-c3ccccc3)c2c1[2H]. The summed E-state index contributed by atoms with van der Waals surface area (Å²) in [5, 5.41) is 4.44. The van der Waals surface area contributed by atoms with Gasteiger partial charge in [-0.3, -0.25) is 0 Å². The number of hydrogen-bond donors (Lipinski definition) is 0. The predicted octanol–water partition coefficient (Wildman–Crippen LogP) is 10.7. The van der Waals surface area contributed by atoms with Crippen LogP contribution in [0.3, 0.4) is 0 Å². The molecule has 1 nitrogen and oxygen atoms in total. The van der Waals surface area contributed by atoms with Gasteiger partial charge in [0.05, 0.1) is 11.0 Å². The average Bonchev–Trinajstić information content (AvgIpc) is 3.45. The minimum atomic E-state index is -0.422. The fourth-order valence-corrected chi connectivity index (χ4v) is 5.63. The van der Waals surface area contributed by atoms with Crippen molar-refractivity contribution in [3.63, 3.8) is 0 Å². The van der Waals surface area contributed by atoms with Crippen LogP contribution in [0.5, 0.6) is 0 Å².